The van der Waals surface area contributed by atoms with Crippen LogP contribution in [0.25, 0.3) is 0 Å². The van der Waals surface area contributed by atoms with Crippen molar-refractivity contribution < 1.29 is 19.1 Å². The van der Waals surface area contributed by atoms with Gasteiger partial charge in [-0.1, -0.05) is 18.2 Å². The fourth-order valence-electron chi connectivity index (χ4n) is 2.91. The molecule has 3 rings (SSSR count). The molecule has 1 atom stereocenters. The van der Waals surface area contributed by atoms with Gasteiger partial charge >= 0.3 is 5.97 Å². The number of carbonyl (C=O) groups excluding carboxylic acids is 3. The van der Waals surface area contributed by atoms with Gasteiger partial charge in [-0.05, 0) is 32.9 Å². The van der Waals surface area contributed by atoms with Crippen LogP contribution in [0.15, 0.2) is 42.3 Å². The summed E-state index contributed by atoms with van der Waals surface area (Å²) in [7, 11) is 0. The smallest absolute Gasteiger partial charge is 0.358 e. The number of ether oxygens (including phenoxy) is 1. The number of benzene rings is 1. The molecule has 1 aliphatic heterocycles. The zero-order valence-corrected chi connectivity index (χ0v) is 17.2. The average molecular weight is 414 g/mol. The third-order valence-corrected chi connectivity index (χ3v) is 5.27. The number of nitrogens with zero attached hydrogens (tertiary/aromatic N) is 2. The summed E-state index contributed by atoms with van der Waals surface area (Å²) < 4.78 is 5.35. The molecule has 29 heavy (non-hydrogen) atoms. The van der Waals surface area contributed by atoms with E-state index in [0.717, 1.165) is 0 Å². The number of esters is 1. The quantitative estimate of drug-likeness (QED) is 0.557. The number of anilines is 3. The van der Waals surface area contributed by atoms with Crippen LogP contribution < -0.4 is 15.5 Å². The van der Waals surface area contributed by atoms with Crippen LogP contribution in [0.5, 0.6) is 0 Å². The first-order valence-electron chi connectivity index (χ1n) is 9.01. The average Bonchev–Trinajstić information content (AvgIpc) is 3.16. The fraction of sp³-hybridized carbons (Fsp3) is 0.300. The van der Waals surface area contributed by atoms with Crippen LogP contribution in [0.4, 0.5) is 16.5 Å². The second kappa shape index (κ2) is 8.04. The van der Waals surface area contributed by atoms with Gasteiger partial charge < -0.3 is 15.4 Å². The number of carbonyl (C=O) groups is 3. The maximum Gasteiger partial charge on any atom is 0.358 e. The highest BCUT2D eigenvalue weighted by Crippen LogP contribution is 2.37. The molecule has 1 aliphatic rings. The molecule has 0 spiro atoms. The van der Waals surface area contributed by atoms with Crippen molar-refractivity contribution in [2.24, 2.45) is 0 Å². The number of para-hydroxylation sites is 2. The molecule has 0 saturated heterocycles. The molecule has 1 unspecified atom stereocenters. The van der Waals surface area contributed by atoms with Gasteiger partial charge in [0.15, 0.2) is 16.9 Å². The van der Waals surface area contributed by atoms with E-state index in [1.165, 1.54) is 23.2 Å². The molecule has 1 aromatic carbocycles. The lowest BCUT2D eigenvalue weighted by Gasteiger charge is -2.42. The monoisotopic (exact) mass is 414 g/mol. The molecule has 8 nitrogen and oxygen atoms in total. The summed E-state index contributed by atoms with van der Waals surface area (Å²) in [6.07, 6.45) is 0.570. The number of amides is 2. The third-order valence-electron chi connectivity index (χ3n) is 4.47. The Morgan fingerprint density at radius 2 is 2.14 bits per heavy atom. The molecule has 0 radical (unpaired) electrons. The fourth-order valence-corrected chi connectivity index (χ4v) is 3.60. The maximum absolute atomic E-state index is 13.2. The number of rotatable bonds is 6. The summed E-state index contributed by atoms with van der Waals surface area (Å²) in [5.41, 5.74) is 0.0436. The first kappa shape index (κ1) is 20.5. The van der Waals surface area contributed by atoms with Gasteiger partial charge in [0.2, 0.25) is 5.91 Å². The van der Waals surface area contributed by atoms with Gasteiger partial charge in [-0.2, -0.15) is 0 Å². The van der Waals surface area contributed by atoms with Crippen molar-refractivity contribution in [1.29, 1.82) is 0 Å². The van der Waals surface area contributed by atoms with Crippen LogP contribution in [-0.2, 0) is 14.3 Å². The summed E-state index contributed by atoms with van der Waals surface area (Å²) in [5.74, 6) is -1.52. The molecule has 2 heterocycles. The molecule has 0 aliphatic carbocycles. The lowest BCUT2D eigenvalue weighted by atomic mass is 9.95. The van der Waals surface area contributed by atoms with E-state index in [2.05, 4.69) is 22.2 Å². The van der Waals surface area contributed by atoms with Gasteiger partial charge in [-0.15, -0.1) is 17.9 Å². The largest absolute Gasteiger partial charge is 0.448 e. The topological polar surface area (TPSA) is 101 Å². The Kier molecular flexibility index (Phi) is 5.69. The number of hydrogen-bond acceptors (Lipinski definition) is 7. The predicted molar refractivity (Wildman–Crippen MR) is 112 cm³/mol. The van der Waals surface area contributed by atoms with E-state index in [1.54, 1.807) is 49.6 Å². The lowest BCUT2D eigenvalue weighted by Crippen LogP contribution is -2.60. The minimum atomic E-state index is -1.14. The maximum atomic E-state index is 13.2. The zero-order valence-electron chi connectivity index (χ0n) is 16.4. The number of fused-ring (bicyclic) bond motifs is 1. The van der Waals surface area contributed by atoms with Gasteiger partial charge in [0.05, 0.1) is 11.4 Å². The first-order chi connectivity index (χ1) is 13.8. The van der Waals surface area contributed by atoms with Gasteiger partial charge in [0, 0.05) is 11.9 Å². The Labute approximate surface area is 172 Å². The highest BCUT2D eigenvalue weighted by molar-refractivity contribution is 7.13. The second-order valence-corrected chi connectivity index (χ2v) is 7.82. The van der Waals surface area contributed by atoms with E-state index in [1.807, 2.05) is 0 Å². The standard InChI is InChI=1S/C20H22N4O4S/c1-5-10-21-19-23-14(11-29-19)17(26)28-12(2)16(25)24-15-9-7-6-8-13(15)22-18(27)20(24,3)4/h5-9,11-12H,1,10H2,2-4H3,(H,21,23)(H,22,27). The Morgan fingerprint density at radius 1 is 1.41 bits per heavy atom. The van der Waals surface area contributed by atoms with E-state index >= 15 is 0 Å². The normalized spacial score (nSPS) is 15.7. The lowest BCUT2D eigenvalue weighted by molar-refractivity contribution is -0.131. The van der Waals surface area contributed by atoms with Gasteiger partial charge in [-0.25, -0.2) is 9.78 Å². The van der Waals surface area contributed by atoms with E-state index in [0.29, 0.717) is 23.1 Å². The van der Waals surface area contributed by atoms with Crippen molar-refractivity contribution in [2.75, 3.05) is 22.1 Å². The summed E-state index contributed by atoms with van der Waals surface area (Å²) in [5, 5.41) is 7.89. The Morgan fingerprint density at radius 3 is 2.86 bits per heavy atom. The van der Waals surface area contributed by atoms with E-state index in [4.69, 9.17) is 4.74 Å². The van der Waals surface area contributed by atoms with E-state index < -0.39 is 23.5 Å². The molecule has 0 saturated carbocycles. The number of nitrogens with one attached hydrogen (secondary N) is 2. The minimum Gasteiger partial charge on any atom is -0.448 e. The molecule has 2 aromatic rings. The van der Waals surface area contributed by atoms with Gasteiger partial charge in [0.25, 0.3) is 5.91 Å². The second-order valence-electron chi connectivity index (χ2n) is 6.96. The van der Waals surface area contributed by atoms with Crippen LogP contribution in [0, 0.1) is 0 Å². The third kappa shape index (κ3) is 4.00. The molecular weight excluding hydrogens is 392 g/mol. The van der Waals surface area contributed by atoms with Crippen molar-refractivity contribution in [3.8, 4) is 0 Å². The summed E-state index contributed by atoms with van der Waals surface area (Å²) >= 11 is 1.25. The first-order valence-corrected chi connectivity index (χ1v) is 9.89. The SMILES string of the molecule is C=CCNc1nc(C(=O)OC(C)C(=O)N2c3ccccc3NC(=O)C2(C)C)cs1. The summed E-state index contributed by atoms with van der Waals surface area (Å²) in [4.78, 5) is 43.6. The molecule has 1 aromatic heterocycles. The van der Waals surface area contributed by atoms with Crippen LogP contribution in [-0.4, -0.2) is 41.0 Å². The van der Waals surface area contributed by atoms with Crippen molar-refractivity contribution in [3.63, 3.8) is 0 Å². The number of hydrogen-bond donors (Lipinski definition) is 2. The zero-order chi connectivity index (χ0) is 21.2. The highest BCUT2D eigenvalue weighted by atomic mass is 32.1. The van der Waals surface area contributed by atoms with Crippen molar-refractivity contribution in [2.45, 2.75) is 32.4 Å². The molecular formula is C20H22N4O4S. The Hall–Kier alpha value is -3.20. The van der Waals surface area contributed by atoms with Crippen LogP contribution >= 0.6 is 11.3 Å². The van der Waals surface area contributed by atoms with E-state index in [9.17, 15) is 14.4 Å². The number of aromatic nitrogens is 1. The number of thiazole rings is 1. The van der Waals surface area contributed by atoms with Crippen LogP contribution in [0.3, 0.4) is 0 Å². The van der Waals surface area contributed by atoms with Crippen LogP contribution in [0.2, 0.25) is 0 Å². The molecule has 2 N–H and O–H groups in total. The predicted octanol–water partition coefficient (Wildman–Crippen LogP) is 3.05. The molecule has 9 heteroatoms. The van der Waals surface area contributed by atoms with Crippen molar-refractivity contribution in [1.82, 2.24) is 4.98 Å². The van der Waals surface area contributed by atoms with Gasteiger partial charge in [0.1, 0.15) is 5.54 Å². The summed E-state index contributed by atoms with van der Waals surface area (Å²) in [6, 6.07) is 6.99. The molecule has 2 amide bonds. The van der Waals surface area contributed by atoms with Crippen LogP contribution in [0.1, 0.15) is 31.3 Å². The van der Waals surface area contributed by atoms with Crippen molar-refractivity contribution in [3.05, 3.63) is 48.0 Å². The summed E-state index contributed by atoms with van der Waals surface area (Å²) in [6.45, 7) is 8.89. The Balaban J connectivity index is 1.78. The minimum absolute atomic E-state index is 0.109. The highest BCUT2D eigenvalue weighted by Gasteiger charge is 2.45. The van der Waals surface area contributed by atoms with Crippen molar-refractivity contribution >= 4 is 45.6 Å². The molecule has 0 fully saturated rings. The van der Waals surface area contributed by atoms with Gasteiger partial charge in [-0.3, -0.25) is 14.5 Å². The Bertz CT molecular complexity index is 969. The molecule has 152 valence electrons. The van der Waals surface area contributed by atoms with E-state index in [-0.39, 0.29) is 11.6 Å². The molecule has 0 bridgehead atoms.